The van der Waals surface area contributed by atoms with Gasteiger partial charge in [0.05, 0.1) is 11.3 Å². The molecule has 0 saturated carbocycles. The van der Waals surface area contributed by atoms with Gasteiger partial charge < -0.3 is 5.32 Å². The van der Waals surface area contributed by atoms with E-state index in [-0.39, 0.29) is 11.7 Å². The van der Waals surface area contributed by atoms with Crippen LogP contribution in [0.4, 0.5) is 18.9 Å². The van der Waals surface area contributed by atoms with Crippen molar-refractivity contribution in [3.63, 3.8) is 0 Å². The Morgan fingerprint density at radius 3 is 2.35 bits per heavy atom. The second kappa shape index (κ2) is 8.02. The largest absolute Gasteiger partial charge is 0.416 e. The molecule has 0 saturated heterocycles. The van der Waals surface area contributed by atoms with Crippen molar-refractivity contribution >= 4 is 46.5 Å². The maximum atomic E-state index is 12.4. The normalized spacial score (nSPS) is 11.5. The predicted molar refractivity (Wildman–Crippen MR) is 87.1 cm³/mol. The molecule has 0 unspecified atom stereocenters. The molecular weight excluding hydrogens is 367 g/mol. The number of halogens is 3. The van der Waals surface area contributed by atoms with Crippen LogP contribution in [0, 0.1) is 0 Å². The van der Waals surface area contributed by atoms with E-state index in [0.29, 0.717) is 10.0 Å². The van der Waals surface area contributed by atoms with Gasteiger partial charge in [-0.15, -0.1) is 10.2 Å². The van der Waals surface area contributed by atoms with Gasteiger partial charge in [0.1, 0.15) is 0 Å². The van der Waals surface area contributed by atoms with Crippen molar-refractivity contribution in [1.82, 2.24) is 10.2 Å². The Bertz CT molecular complexity index is 658. The van der Waals surface area contributed by atoms with Crippen molar-refractivity contribution < 1.29 is 18.0 Å². The molecule has 1 N–H and O–H groups in total. The first-order chi connectivity index (χ1) is 10.9. The lowest BCUT2D eigenvalue weighted by Crippen LogP contribution is -2.14. The van der Waals surface area contributed by atoms with E-state index >= 15 is 0 Å². The van der Waals surface area contributed by atoms with E-state index in [1.54, 1.807) is 11.8 Å². The fraction of sp³-hybridized carbons (Fsp3) is 0.308. The maximum Gasteiger partial charge on any atom is 0.416 e. The number of alkyl halides is 3. The Morgan fingerprint density at radius 2 is 1.78 bits per heavy atom. The van der Waals surface area contributed by atoms with Crippen LogP contribution in [0.3, 0.4) is 0 Å². The van der Waals surface area contributed by atoms with Gasteiger partial charge in [-0.3, -0.25) is 4.79 Å². The van der Waals surface area contributed by atoms with Gasteiger partial charge in [0.25, 0.3) is 0 Å². The number of aromatic nitrogens is 2. The molecule has 1 aromatic carbocycles. The van der Waals surface area contributed by atoms with Crippen molar-refractivity contribution in [3.05, 3.63) is 29.8 Å². The first-order valence-corrected chi connectivity index (χ1v) is 9.23. The van der Waals surface area contributed by atoms with Crippen LogP contribution in [-0.4, -0.2) is 27.6 Å². The number of anilines is 1. The number of hydrogen-bond acceptors (Lipinski definition) is 6. The molecule has 2 rings (SSSR count). The molecule has 0 aliphatic heterocycles. The van der Waals surface area contributed by atoms with Crippen LogP contribution >= 0.6 is 34.9 Å². The minimum atomic E-state index is -4.38. The van der Waals surface area contributed by atoms with E-state index in [1.165, 1.54) is 35.2 Å². The minimum Gasteiger partial charge on any atom is -0.325 e. The highest BCUT2D eigenvalue weighted by Crippen LogP contribution is 2.30. The van der Waals surface area contributed by atoms with Crippen LogP contribution in [0.1, 0.15) is 12.5 Å². The van der Waals surface area contributed by atoms with Gasteiger partial charge in [-0.05, 0) is 30.0 Å². The highest BCUT2D eigenvalue weighted by molar-refractivity contribution is 8.03. The SMILES string of the molecule is CCSc1nnc(SCC(=O)Nc2ccc(C(F)(F)F)cc2)s1. The van der Waals surface area contributed by atoms with Gasteiger partial charge >= 0.3 is 6.18 Å². The third kappa shape index (κ3) is 5.70. The monoisotopic (exact) mass is 379 g/mol. The molecular formula is C13H12F3N3OS3. The molecule has 2 aromatic rings. The van der Waals surface area contributed by atoms with Crippen LogP contribution < -0.4 is 5.32 Å². The fourth-order valence-electron chi connectivity index (χ4n) is 1.50. The summed E-state index contributed by atoms with van der Waals surface area (Å²) < 4.78 is 38.9. The lowest BCUT2D eigenvalue weighted by Gasteiger charge is -2.08. The molecule has 0 radical (unpaired) electrons. The van der Waals surface area contributed by atoms with Gasteiger partial charge in [0.15, 0.2) is 8.68 Å². The summed E-state index contributed by atoms with van der Waals surface area (Å²) in [6, 6.07) is 4.32. The Kier molecular flexibility index (Phi) is 6.31. The number of rotatable bonds is 6. The van der Waals surface area contributed by atoms with Gasteiger partial charge in [-0.25, -0.2) is 0 Å². The average Bonchev–Trinajstić information content (AvgIpc) is 2.93. The molecule has 23 heavy (non-hydrogen) atoms. The van der Waals surface area contributed by atoms with Crippen LogP contribution in [0.5, 0.6) is 0 Å². The van der Waals surface area contributed by atoms with Crippen LogP contribution in [-0.2, 0) is 11.0 Å². The number of nitrogens with zero attached hydrogens (tertiary/aromatic N) is 2. The summed E-state index contributed by atoms with van der Waals surface area (Å²) in [7, 11) is 0. The summed E-state index contributed by atoms with van der Waals surface area (Å²) in [5.74, 6) is 0.704. The number of benzene rings is 1. The molecule has 0 aliphatic carbocycles. The van der Waals surface area contributed by atoms with Crippen molar-refractivity contribution in [2.45, 2.75) is 21.8 Å². The second-order valence-electron chi connectivity index (χ2n) is 4.18. The number of hydrogen-bond donors (Lipinski definition) is 1. The molecule has 4 nitrogen and oxygen atoms in total. The zero-order valence-electron chi connectivity index (χ0n) is 11.9. The highest BCUT2D eigenvalue weighted by Gasteiger charge is 2.29. The Balaban J connectivity index is 1.84. The van der Waals surface area contributed by atoms with Gasteiger partial charge in [0, 0.05) is 5.69 Å². The Morgan fingerprint density at radius 1 is 1.17 bits per heavy atom. The summed E-state index contributed by atoms with van der Waals surface area (Å²) in [5, 5.41) is 10.5. The first-order valence-electron chi connectivity index (χ1n) is 6.44. The average molecular weight is 379 g/mol. The molecule has 0 atom stereocenters. The third-order valence-electron chi connectivity index (χ3n) is 2.48. The van der Waals surface area contributed by atoms with Crippen molar-refractivity contribution in [1.29, 1.82) is 0 Å². The quantitative estimate of drug-likeness (QED) is 0.754. The van der Waals surface area contributed by atoms with Crippen LogP contribution in [0.15, 0.2) is 32.9 Å². The summed E-state index contributed by atoms with van der Waals surface area (Å²) in [4.78, 5) is 11.8. The van der Waals surface area contributed by atoms with E-state index in [1.807, 2.05) is 6.92 Å². The number of amides is 1. The van der Waals surface area contributed by atoms with Gasteiger partial charge in [0.2, 0.25) is 5.91 Å². The number of nitrogens with one attached hydrogen (secondary N) is 1. The molecule has 1 amide bonds. The number of carbonyl (C=O) groups is 1. The zero-order valence-corrected chi connectivity index (χ0v) is 14.3. The van der Waals surface area contributed by atoms with Crippen molar-refractivity contribution in [2.24, 2.45) is 0 Å². The van der Waals surface area contributed by atoms with Crippen LogP contribution in [0.25, 0.3) is 0 Å². The van der Waals surface area contributed by atoms with E-state index in [9.17, 15) is 18.0 Å². The van der Waals surface area contributed by atoms with E-state index in [4.69, 9.17) is 0 Å². The number of carbonyl (C=O) groups excluding carboxylic acids is 1. The van der Waals surface area contributed by atoms with Crippen molar-refractivity contribution in [2.75, 3.05) is 16.8 Å². The van der Waals surface area contributed by atoms with Crippen LogP contribution in [0.2, 0.25) is 0 Å². The Hall–Kier alpha value is -1.26. The second-order valence-corrected chi connectivity index (χ2v) is 7.89. The minimum absolute atomic E-state index is 0.118. The van der Waals surface area contributed by atoms with Gasteiger partial charge in [-0.1, -0.05) is 41.8 Å². The highest BCUT2D eigenvalue weighted by atomic mass is 32.2. The number of thioether (sulfide) groups is 2. The Labute approximate surface area is 143 Å². The summed E-state index contributed by atoms with van der Waals surface area (Å²) in [5.41, 5.74) is -0.428. The molecule has 0 aliphatic rings. The molecule has 124 valence electrons. The summed E-state index contributed by atoms with van der Waals surface area (Å²) >= 11 is 4.23. The van der Waals surface area contributed by atoms with Crippen molar-refractivity contribution in [3.8, 4) is 0 Å². The molecule has 10 heteroatoms. The third-order valence-corrected chi connectivity index (χ3v) is 5.55. The lowest BCUT2D eigenvalue weighted by atomic mass is 10.2. The van der Waals surface area contributed by atoms with Gasteiger partial charge in [-0.2, -0.15) is 13.2 Å². The summed E-state index contributed by atoms with van der Waals surface area (Å²) in [6.45, 7) is 2.01. The molecule has 0 fully saturated rings. The standard InChI is InChI=1S/C13H12F3N3OS3/c1-2-21-11-18-19-12(23-11)22-7-10(20)17-9-5-3-8(4-6-9)13(14,15)16/h3-6H,2,7H2,1H3,(H,17,20). The molecule has 1 heterocycles. The summed E-state index contributed by atoms with van der Waals surface area (Å²) in [6.07, 6.45) is -4.38. The smallest absolute Gasteiger partial charge is 0.325 e. The van der Waals surface area contributed by atoms with E-state index in [2.05, 4.69) is 15.5 Å². The van der Waals surface area contributed by atoms with E-state index in [0.717, 1.165) is 22.2 Å². The lowest BCUT2D eigenvalue weighted by molar-refractivity contribution is -0.137. The molecule has 1 aromatic heterocycles. The zero-order chi connectivity index (χ0) is 16.9. The first kappa shape index (κ1) is 18.1. The fourth-order valence-corrected chi connectivity index (χ4v) is 4.22. The topological polar surface area (TPSA) is 54.9 Å². The maximum absolute atomic E-state index is 12.4. The predicted octanol–water partition coefficient (Wildman–Crippen LogP) is 4.40. The molecule has 0 bridgehead atoms. The van der Waals surface area contributed by atoms with E-state index < -0.39 is 11.7 Å². The molecule has 0 spiro atoms.